The molecule has 0 saturated heterocycles. The molecular formula is C12H13N3O2S. The minimum Gasteiger partial charge on any atom is -0.318 e. The number of hydrogen-bond acceptors (Lipinski definition) is 4. The van der Waals surface area contributed by atoms with Crippen LogP contribution in [0.25, 0.3) is 0 Å². The van der Waals surface area contributed by atoms with Gasteiger partial charge in [-0.05, 0) is 12.0 Å². The molecule has 0 unspecified atom stereocenters. The molecule has 0 aromatic carbocycles. The highest BCUT2D eigenvalue weighted by atomic mass is 32.1. The number of pyridine rings is 1. The third kappa shape index (κ3) is 2.84. The van der Waals surface area contributed by atoms with Gasteiger partial charge in [0.05, 0.1) is 5.69 Å². The molecule has 0 radical (unpaired) electrons. The zero-order chi connectivity index (χ0) is 13.1. The third-order valence-corrected chi connectivity index (χ3v) is 3.12. The van der Waals surface area contributed by atoms with Crippen molar-refractivity contribution in [1.29, 1.82) is 0 Å². The first-order valence-electron chi connectivity index (χ1n) is 5.52. The van der Waals surface area contributed by atoms with E-state index in [1.807, 2.05) is 19.2 Å². The number of H-pyrrole nitrogens is 1. The van der Waals surface area contributed by atoms with Gasteiger partial charge in [0, 0.05) is 11.4 Å². The molecule has 1 amide bonds. The summed E-state index contributed by atoms with van der Waals surface area (Å²) in [6, 6.07) is 4.44. The maximum Gasteiger partial charge on any atom is 0.273 e. The van der Waals surface area contributed by atoms with Gasteiger partial charge in [-0.3, -0.25) is 14.9 Å². The van der Waals surface area contributed by atoms with Crippen LogP contribution in [0, 0.1) is 0 Å². The van der Waals surface area contributed by atoms with Gasteiger partial charge in [-0.25, -0.2) is 4.98 Å². The molecule has 94 valence electrons. The molecule has 0 saturated carbocycles. The molecule has 0 aliphatic carbocycles. The van der Waals surface area contributed by atoms with Crippen molar-refractivity contribution >= 4 is 22.4 Å². The van der Waals surface area contributed by atoms with E-state index >= 15 is 0 Å². The standard InChI is InChI=1S/C12H13N3O2S/c1-7(2)9-6-18-12(14-9)15-11(17)8-4-3-5-10(16)13-8/h3-7H,1-2H3,(H,13,16)(H,14,15,17). The number of amides is 1. The topological polar surface area (TPSA) is 74.8 Å². The quantitative estimate of drug-likeness (QED) is 0.891. The van der Waals surface area contributed by atoms with Crippen molar-refractivity contribution in [3.63, 3.8) is 0 Å². The third-order valence-electron chi connectivity index (χ3n) is 2.35. The Morgan fingerprint density at radius 2 is 2.22 bits per heavy atom. The second kappa shape index (κ2) is 5.14. The number of anilines is 1. The predicted octanol–water partition coefficient (Wildman–Crippen LogP) is 2.21. The number of aromatic amines is 1. The fourth-order valence-electron chi connectivity index (χ4n) is 1.35. The van der Waals surface area contributed by atoms with Crippen LogP contribution in [0.5, 0.6) is 0 Å². The Hall–Kier alpha value is -1.95. The van der Waals surface area contributed by atoms with Crippen LogP contribution in [0.1, 0.15) is 35.9 Å². The normalized spacial score (nSPS) is 10.6. The summed E-state index contributed by atoms with van der Waals surface area (Å²) in [5.74, 6) is -0.0409. The van der Waals surface area contributed by atoms with Gasteiger partial charge in [-0.2, -0.15) is 0 Å². The van der Waals surface area contributed by atoms with Crippen LogP contribution in [0.3, 0.4) is 0 Å². The van der Waals surface area contributed by atoms with E-state index in [4.69, 9.17) is 0 Å². The molecule has 18 heavy (non-hydrogen) atoms. The predicted molar refractivity (Wildman–Crippen MR) is 71.2 cm³/mol. The Kier molecular flexibility index (Phi) is 3.57. The molecule has 0 spiro atoms. The number of carbonyl (C=O) groups is 1. The van der Waals surface area contributed by atoms with Crippen LogP contribution >= 0.6 is 11.3 Å². The van der Waals surface area contributed by atoms with Crippen LogP contribution < -0.4 is 10.9 Å². The molecule has 2 N–H and O–H groups in total. The van der Waals surface area contributed by atoms with Crippen LogP contribution in [0.15, 0.2) is 28.4 Å². The minimum atomic E-state index is -0.364. The molecule has 0 aliphatic rings. The Bertz CT molecular complexity index is 616. The van der Waals surface area contributed by atoms with E-state index in [0.29, 0.717) is 11.0 Å². The van der Waals surface area contributed by atoms with Crippen LogP contribution in [0.2, 0.25) is 0 Å². The van der Waals surface area contributed by atoms with Crippen molar-refractivity contribution in [1.82, 2.24) is 9.97 Å². The molecule has 0 fully saturated rings. The summed E-state index contributed by atoms with van der Waals surface area (Å²) < 4.78 is 0. The lowest BCUT2D eigenvalue weighted by atomic mass is 10.2. The van der Waals surface area contributed by atoms with Gasteiger partial charge in [0.15, 0.2) is 5.13 Å². The smallest absolute Gasteiger partial charge is 0.273 e. The summed E-state index contributed by atoms with van der Waals surface area (Å²) in [4.78, 5) is 29.7. The minimum absolute atomic E-state index is 0.226. The summed E-state index contributed by atoms with van der Waals surface area (Å²) in [6.07, 6.45) is 0. The Morgan fingerprint density at radius 1 is 1.44 bits per heavy atom. The lowest BCUT2D eigenvalue weighted by Gasteiger charge is -2.01. The Labute approximate surface area is 108 Å². The molecule has 2 aromatic heterocycles. The first kappa shape index (κ1) is 12.5. The van der Waals surface area contributed by atoms with Gasteiger partial charge in [0.2, 0.25) is 5.56 Å². The average Bonchev–Trinajstić information content (AvgIpc) is 2.77. The van der Waals surface area contributed by atoms with Crippen LogP contribution in [0.4, 0.5) is 5.13 Å². The highest BCUT2D eigenvalue weighted by molar-refractivity contribution is 7.14. The number of carbonyl (C=O) groups excluding carboxylic acids is 1. The molecule has 0 atom stereocenters. The molecule has 2 heterocycles. The maximum atomic E-state index is 11.8. The summed E-state index contributed by atoms with van der Waals surface area (Å²) >= 11 is 1.37. The highest BCUT2D eigenvalue weighted by Gasteiger charge is 2.10. The van der Waals surface area contributed by atoms with Crippen molar-refractivity contribution in [2.24, 2.45) is 0 Å². The van der Waals surface area contributed by atoms with E-state index in [1.54, 1.807) is 6.07 Å². The van der Waals surface area contributed by atoms with Crippen molar-refractivity contribution in [3.05, 3.63) is 45.3 Å². The summed E-state index contributed by atoms with van der Waals surface area (Å²) in [7, 11) is 0. The number of aromatic nitrogens is 2. The van der Waals surface area contributed by atoms with Crippen molar-refractivity contribution in [2.75, 3.05) is 5.32 Å². The lowest BCUT2D eigenvalue weighted by Crippen LogP contribution is -2.17. The first-order valence-corrected chi connectivity index (χ1v) is 6.40. The van der Waals surface area contributed by atoms with Gasteiger partial charge in [0.1, 0.15) is 5.69 Å². The maximum absolute atomic E-state index is 11.8. The van der Waals surface area contributed by atoms with E-state index in [1.165, 1.54) is 23.5 Å². The van der Waals surface area contributed by atoms with E-state index in [0.717, 1.165) is 5.69 Å². The molecule has 2 aromatic rings. The number of thiazole rings is 1. The van der Waals surface area contributed by atoms with Crippen molar-refractivity contribution in [2.45, 2.75) is 19.8 Å². The summed E-state index contributed by atoms with van der Waals surface area (Å²) in [5.41, 5.74) is 0.866. The fourth-order valence-corrected chi connectivity index (χ4v) is 2.22. The lowest BCUT2D eigenvalue weighted by molar-refractivity contribution is 0.102. The van der Waals surface area contributed by atoms with Crippen LogP contribution in [-0.4, -0.2) is 15.9 Å². The first-order chi connectivity index (χ1) is 8.56. The average molecular weight is 263 g/mol. The van der Waals surface area contributed by atoms with E-state index < -0.39 is 0 Å². The van der Waals surface area contributed by atoms with E-state index in [9.17, 15) is 9.59 Å². The van der Waals surface area contributed by atoms with Gasteiger partial charge >= 0.3 is 0 Å². The molecule has 0 aliphatic heterocycles. The van der Waals surface area contributed by atoms with Gasteiger partial charge in [-0.15, -0.1) is 11.3 Å². The van der Waals surface area contributed by atoms with Gasteiger partial charge < -0.3 is 4.98 Å². The molecule has 0 bridgehead atoms. The van der Waals surface area contributed by atoms with Crippen LogP contribution in [-0.2, 0) is 0 Å². The summed E-state index contributed by atoms with van der Waals surface area (Å²) in [5, 5.41) is 5.11. The highest BCUT2D eigenvalue weighted by Crippen LogP contribution is 2.21. The van der Waals surface area contributed by atoms with E-state index in [-0.39, 0.29) is 17.2 Å². The van der Waals surface area contributed by atoms with E-state index in [2.05, 4.69) is 15.3 Å². The SMILES string of the molecule is CC(C)c1csc(NC(=O)c2cccc(=O)[nH]2)n1. The second-order valence-electron chi connectivity index (χ2n) is 4.12. The summed E-state index contributed by atoms with van der Waals surface area (Å²) in [6.45, 7) is 4.07. The molecule has 2 rings (SSSR count). The number of nitrogens with zero attached hydrogens (tertiary/aromatic N) is 1. The van der Waals surface area contributed by atoms with Crippen molar-refractivity contribution in [3.8, 4) is 0 Å². The van der Waals surface area contributed by atoms with Gasteiger partial charge in [0.25, 0.3) is 5.91 Å². The van der Waals surface area contributed by atoms with Crippen molar-refractivity contribution < 1.29 is 4.79 Å². The Morgan fingerprint density at radius 3 is 2.83 bits per heavy atom. The number of hydrogen-bond donors (Lipinski definition) is 2. The molecular weight excluding hydrogens is 250 g/mol. The molecule has 6 heteroatoms. The van der Waals surface area contributed by atoms with Gasteiger partial charge in [-0.1, -0.05) is 19.9 Å². The largest absolute Gasteiger partial charge is 0.318 e. The Balaban J connectivity index is 2.13. The number of nitrogens with one attached hydrogen (secondary N) is 2. The monoisotopic (exact) mass is 263 g/mol. The zero-order valence-electron chi connectivity index (χ0n) is 10.1. The molecule has 5 nitrogen and oxygen atoms in total. The zero-order valence-corrected chi connectivity index (χ0v) is 10.9. The second-order valence-corrected chi connectivity index (χ2v) is 4.97. The number of rotatable bonds is 3. The fraction of sp³-hybridized carbons (Fsp3) is 0.250.